The summed E-state index contributed by atoms with van der Waals surface area (Å²) in [5.74, 6) is 1.53. The van der Waals surface area contributed by atoms with Gasteiger partial charge in [0, 0.05) is 12.6 Å². The fourth-order valence-electron chi connectivity index (χ4n) is 2.10. The van der Waals surface area contributed by atoms with Crippen LogP contribution in [0.1, 0.15) is 5.76 Å². The van der Waals surface area contributed by atoms with Gasteiger partial charge >= 0.3 is 0 Å². The van der Waals surface area contributed by atoms with Gasteiger partial charge in [0.1, 0.15) is 5.76 Å². The number of nitrogens with one attached hydrogen (secondary N) is 1. The number of carbonyl (C=O) groups excluding carboxylic acids is 1. The van der Waals surface area contributed by atoms with E-state index < -0.39 is 0 Å². The molecule has 0 unspecified atom stereocenters. The van der Waals surface area contributed by atoms with E-state index in [1.54, 1.807) is 18.4 Å². The fourth-order valence-corrected chi connectivity index (χ4v) is 3.06. The number of rotatable bonds is 6. The van der Waals surface area contributed by atoms with Crippen LogP contribution in [0.5, 0.6) is 0 Å². The molecule has 0 aliphatic rings. The lowest BCUT2D eigenvalue weighted by atomic mass is 10.2. The molecule has 0 fully saturated rings. The van der Waals surface area contributed by atoms with Crippen molar-refractivity contribution >= 4 is 29.3 Å². The highest BCUT2D eigenvalue weighted by Crippen LogP contribution is 2.28. The van der Waals surface area contributed by atoms with Crippen LogP contribution in [0.25, 0.3) is 11.4 Å². The monoisotopic (exact) mass is 362 g/mol. The molecule has 0 radical (unpaired) electrons. The van der Waals surface area contributed by atoms with Gasteiger partial charge in [-0.3, -0.25) is 4.79 Å². The van der Waals surface area contributed by atoms with E-state index in [-0.39, 0.29) is 11.7 Å². The van der Waals surface area contributed by atoms with Gasteiger partial charge < -0.3 is 14.3 Å². The third-order valence-electron chi connectivity index (χ3n) is 3.32. The number of nitrogens with zero attached hydrogens (tertiary/aromatic N) is 3. The van der Waals surface area contributed by atoms with Crippen LogP contribution >= 0.6 is 23.4 Å². The van der Waals surface area contributed by atoms with Gasteiger partial charge in [0.2, 0.25) is 5.91 Å². The van der Waals surface area contributed by atoms with Gasteiger partial charge in [0.25, 0.3) is 0 Å². The van der Waals surface area contributed by atoms with Crippen LogP contribution in [0.3, 0.4) is 0 Å². The normalized spacial score (nSPS) is 10.8. The van der Waals surface area contributed by atoms with Crippen molar-refractivity contribution in [2.75, 3.05) is 5.75 Å². The number of carbonyl (C=O) groups is 1. The van der Waals surface area contributed by atoms with Crippen molar-refractivity contribution in [1.82, 2.24) is 20.1 Å². The molecule has 0 aliphatic heterocycles. The Hall–Kier alpha value is -2.25. The first-order valence-electron chi connectivity index (χ1n) is 7.21. The van der Waals surface area contributed by atoms with Crippen LogP contribution in [-0.2, 0) is 18.4 Å². The lowest BCUT2D eigenvalue weighted by Gasteiger charge is -2.05. The smallest absolute Gasteiger partial charge is 0.230 e. The van der Waals surface area contributed by atoms with E-state index in [1.165, 1.54) is 11.8 Å². The summed E-state index contributed by atoms with van der Waals surface area (Å²) in [6.45, 7) is 0.371. The molecule has 0 saturated carbocycles. The third-order valence-corrected chi connectivity index (χ3v) is 4.67. The largest absolute Gasteiger partial charge is 0.467 e. The highest BCUT2D eigenvalue weighted by Gasteiger charge is 2.14. The Morgan fingerprint density at radius 2 is 2.12 bits per heavy atom. The van der Waals surface area contributed by atoms with Crippen molar-refractivity contribution in [2.45, 2.75) is 11.7 Å². The molecule has 8 heteroatoms. The summed E-state index contributed by atoms with van der Waals surface area (Å²) in [4.78, 5) is 11.9. The molecule has 2 aromatic heterocycles. The topological polar surface area (TPSA) is 73.0 Å². The van der Waals surface area contributed by atoms with E-state index >= 15 is 0 Å². The first kappa shape index (κ1) is 16.6. The second kappa shape index (κ2) is 7.55. The highest BCUT2D eigenvalue weighted by atomic mass is 35.5. The summed E-state index contributed by atoms with van der Waals surface area (Å²) in [7, 11) is 1.85. The number of benzene rings is 1. The van der Waals surface area contributed by atoms with Gasteiger partial charge in [-0.25, -0.2) is 0 Å². The van der Waals surface area contributed by atoms with Crippen molar-refractivity contribution < 1.29 is 9.21 Å². The molecule has 3 rings (SSSR count). The summed E-state index contributed by atoms with van der Waals surface area (Å²) in [5.41, 5.74) is 0.809. The van der Waals surface area contributed by atoms with Gasteiger partial charge in [-0.15, -0.1) is 10.2 Å². The van der Waals surface area contributed by atoms with Crippen molar-refractivity contribution in [3.05, 3.63) is 53.4 Å². The van der Waals surface area contributed by atoms with E-state index in [2.05, 4.69) is 15.5 Å². The van der Waals surface area contributed by atoms with Gasteiger partial charge in [0.15, 0.2) is 11.0 Å². The zero-order valence-electron chi connectivity index (χ0n) is 12.9. The van der Waals surface area contributed by atoms with Crippen LogP contribution in [0.15, 0.2) is 52.2 Å². The van der Waals surface area contributed by atoms with Crippen LogP contribution in [0.4, 0.5) is 0 Å². The Morgan fingerprint density at radius 1 is 1.29 bits per heavy atom. The molecule has 0 atom stereocenters. The highest BCUT2D eigenvalue weighted by molar-refractivity contribution is 7.99. The van der Waals surface area contributed by atoms with Gasteiger partial charge in [0.05, 0.1) is 23.6 Å². The summed E-state index contributed by atoms with van der Waals surface area (Å²) in [6.07, 6.45) is 1.58. The summed E-state index contributed by atoms with van der Waals surface area (Å²) >= 11 is 7.51. The lowest BCUT2D eigenvalue weighted by Crippen LogP contribution is -2.24. The minimum atomic E-state index is -0.0984. The zero-order valence-corrected chi connectivity index (χ0v) is 14.5. The second-order valence-corrected chi connectivity index (χ2v) is 6.34. The van der Waals surface area contributed by atoms with Gasteiger partial charge in [-0.05, 0) is 24.3 Å². The number of thioether (sulfide) groups is 1. The average Bonchev–Trinajstić information content (AvgIpc) is 3.22. The molecule has 1 amide bonds. The first-order valence-corrected chi connectivity index (χ1v) is 8.57. The van der Waals surface area contributed by atoms with Crippen molar-refractivity contribution in [3.8, 4) is 11.4 Å². The summed E-state index contributed by atoms with van der Waals surface area (Å²) in [6, 6.07) is 11.0. The van der Waals surface area contributed by atoms with Crippen molar-refractivity contribution in [2.24, 2.45) is 7.05 Å². The Bertz CT molecular complexity index is 832. The third kappa shape index (κ3) is 3.80. The minimum Gasteiger partial charge on any atom is -0.467 e. The average molecular weight is 363 g/mol. The summed E-state index contributed by atoms with van der Waals surface area (Å²) < 4.78 is 6.99. The molecule has 3 aromatic rings. The van der Waals surface area contributed by atoms with E-state index in [0.29, 0.717) is 28.3 Å². The van der Waals surface area contributed by atoms with Gasteiger partial charge in [-0.2, -0.15) is 0 Å². The molecule has 6 nitrogen and oxygen atoms in total. The number of hydrogen-bond acceptors (Lipinski definition) is 5. The predicted molar refractivity (Wildman–Crippen MR) is 92.7 cm³/mol. The van der Waals surface area contributed by atoms with Crippen LogP contribution < -0.4 is 5.32 Å². The van der Waals surface area contributed by atoms with Crippen molar-refractivity contribution in [1.29, 1.82) is 0 Å². The molecular weight excluding hydrogens is 348 g/mol. The molecule has 0 spiro atoms. The first-order chi connectivity index (χ1) is 11.6. The van der Waals surface area contributed by atoms with E-state index in [1.807, 2.05) is 35.9 Å². The number of aromatic nitrogens is 3. The molecule has 0 aliphatic carbocycles. The molecule has 2 heterocycles. The molecule has 1 aromatic carbocycles. The Morgan fingerprint density at radius 3 is 2.88 bits per heavy atom. The minimum absolute atomic E-state index is 0.0984. The van der Waals surface area contributed by atoms with Gasteiger partial charge in [-0.1, -0.05) is 35.5 Å². The van der Waals surface area contributed by atoms with Crippen LogP contribution in [-0.4, -0.2) is 26.4 Å². The van der Waals surface area contributed by atoms with Crippen LogP contribution in [0.2, 0.25) is 5.02 Å². The standard InChI is InChI=1S/C16H15ClN4O2S/c1-21-15(12-6-2-3-7-13(12)17)19-20-16(21)24-10-14(22)18-9-11-5-4-8-23-11/h2-8H,9-10H2,1H3,(H,18,22). The van der Waals surface area contributed by atoms with E-state index in [0.717, 1.165) is 5.56 Å². The maximum atomic E-state index is 11.9. The number of amides is 1. The van der Waals surface area contributed by atoms with Crippen LogP contribution in [0, 0.1) is 0 Å². The predicted octanol–water partition coefficient (Wildman–Crippen LogP) is 3.14. The zero-order chi connectivity index (χ0) is 16.9. The Kier molecular flexibility index (Phi) is 5.22. The Labute approximate surface area is 148 Å². The molecule has 124 valence electrons. The SMILES string of the molecule is Cn1c(SCC(=O)NCc2ccco2)nnc1-c1ccccc1Cl. The maximum Gasteiger partial charge on any atom is 0.230 e. The fraction of sp³-hybridized carbons (Fsp3) is 0.188. The Balaban J connectivity index is 1.60. The van der Waals surface area contributed by atoms with Crippen molar-refractivity contribution in [3.63, 3.8) is 0 Å². The lowest BCUT2D eigenvalue weighted by molar-refractivity contribution is -0.118. The van der Waals surface area contributed by atoms with E-state index in [4.69, 9.17) is 16.0 Å². The molecule has 0 bridgehead atoms. The second-order valence-electron chi connectivity index (χ2n) is 4.99. The van der Waals surface area contributed by atoms with E-state index in [9.17, 15) is 4.79 Å². The number of hydrogen-bond donors (Lipinski definition) is 1. The number of furan rings is 1. The summed E-state index contributed by atoms with van der Waals surface area (Å²) in [5, 5.41) is 12.4. The molecule has 0 saturated heterocycles. The molecule has 24 heavy (non-hydrogen) atoms. The molecule has 1 N–H and O–H groups in total. The maximum absolute atomic E-state index is 11.9. The quantitative estimate of drug-likeness (QED) is 0.682. The molecular formula is C16H15ClN4O2S. The number of halogens is 1.